The second kappa shape index (κ2) is 6.25. The number of halogens is 1. The number of carbonyl (C=O) groups excluding carboxylic acids is 2. The largest absolute Gasteiger partial charge is 0.481 e. The summed E-state index contributed by atoms with van der Waals surface area (Å²) in [6.45, 7) is 3.17. The van der Waals surface area contributed by atoms with E-state index in [1.54, 1.807) is 19.1 Å². The molecule has 92 valence electrons. The molecule has 0 saturated heterocycles. The molecule has 0 N–H and O–H groups in total. The Hall–Kier alpha value is -1.55. The highest BCUT2D eigenvalue weighted by Gasteiger charge is 2.11. The Morgan fingerprint density at radius 2 is 2.06 bits per heavy atom. The fraction of sp³-hybridized carbons (Fsp3) is 0.333. The second-order valence-corrected chi connectivity index (χ2v) is 3.73. The number of rotatable bonds is 5. The number of carbonyl (C=O) groups is 2. The Labute approximate surface area is 104 Å². The molecule has 0 atom stereocenters. The van der Waals surface area contributed by atoms with Gasteiger partial charge in [0.25, 0.3) is 0 Å². The Morgan fingerprint density at radius 1 is 1.35 bits per heavy atom. The van der Waals surface area contributed by atoms with Gasteiger partial charge in [0.15, 0.2) is 12.4 Å². The van der Waals surface area contributed by atoms with Gasteiger partial charge >= 0.3 is 5.97 Å². The fourth-order valence-electron chi connectivity index (χ4n) is 1.25. The molecule has 0 aromatic heterocycles. The number of hydrogen-bond acceptors (Lipinski definition) is 4. The van der Waals surface area contributed by atoms with Crippen LogP contribution >= 0.6 is 11.6 Å². The highest BCUT2D eigenvalue weighted by Crippen LogP contribution is 2.23. The van der Waals surface area contributed by atoms with Crippen LogP contribution in [0.25, 0.3) is 0 Å². The van der Waals surface area contributed by atoms with Crippen molar-refractivity contribution in [2.75, 3.05) is 13.2 Å². The normalized spacial score (nSPS) is 9.82. The summed E-state index contributed by atoms with van der Waals surface area (Å²) in [7, 11) is 0. The molecule has 0 unspecified atom stereocenters. The zero-order valence-corrected chi connectivity index (χ0v) is 10.4. The third-order valence-corrected chi connectivity index (χ3v) is 2.21. The molecule has 1 aromatic rings. The van der Waals surface area contributed by atoms with Gasteiger partial charge in [-0.05, 0) is 32.0 Å². The van der Waals surface area contributed by atoms with Crippen LogP contribution in [0.2, 0.25) is 5.02 Å². The highest BCUT2D eigenvalue weighted by molar-refractivity contribution is 6.30. The van der Waals surface area contributed by atoms with Gasteiger partial charge < -0.3 is 9.47 Å². The first kappa shape index (κ1) is 13.5. The van der Waals surface area contributed by atoms with Crippen LogP contribution in [-0.2, 0) is 9.53 Å². The van der Waals surface area contributed by atoms with Crippen LogP contribution in [0, 0.1) is 0 Å². The zero-order valence-electron chi connectivity index (χ0n) is 9.66. The molecule has 5 heteroatoms. The second-order valence-electron chi connectivity index (χ2n) is 3.29. The van der Waals surface area contributed by atoms with Crippen molar-refractivity contribution in [3.63, 3.8) is 0 Å². The van der Waals surface area contributed by atoms with Crippen molar-refractivity contribution >= 4 is 23.4 Å². The fourth-order valence-corrected chi connectivity index (χ4v) is 1.41. The summed E-state index contributed by atoms with van der Waals surface area (Å²) in [5, 5.41) is 0.439. The van der Waals surface area contributed by atoms with Gasteiger partial charge in [0.2, 0.25) is 0 Å². The smallest absolute Gasteiger partial charge is 0.344 e. The molecule has 0 aliphatic heterocycles. The van der Waals surface area contributed by atoms with Gasteiger partial charge in [-0.25, -0.2) is 4.79 Å². The third-order valence-electron chi connectivity index (χ3n) is 1.97. The summed E-state index contributed by atoms with van der Waals surface area (Å²) in [5.74, 6) is -0.347. The minimum atomic E-state index is -0.484. The number of esters is 1. The topological polar surface area (TPSA) is 52.6 Å². The van der Waals surface area contributed by atoms with Crippen LogP contribution in [0.1, 0.15) is 24.2 Å². The van der Waals surface area contributed by atoms with Gasteiger partial charge in [0, 0.05) is 5.02 Å². The molecular formula is C12H13ClO4. The predicted molar refractivity (Wildman–Crippen MR) is 63.6 cm³/mol. The van der Waals surface area contributed by atoms with Crippen LogP contribution in [0.5, 0.6) is 5.75 Å². The van der Waals surface area contributed by atoms with E-state index in [1.807, 2.05) is 0 Å². The highest BCUT2D eigenvalue weighted by atomic mass is 35.5. The van der Waals surface area contributed by atoms with E-state index in [9.17, 15) is 9.59 Å². The summed E-state index contributed by atoms with van der Waals surface area (Å²) in [6.07, 6.45) is 0. The molecule has 0 spiro atoms. The van der Waals surface area contributed by atoms with E-state index in [1.165, 1.54) is 13.0 Å². The molecule has 0 heterocycles. The summed E-state index contributed by atoms with van der Waals surface area (Å²) < 4.78 is 9.93. The third kappa shape index (κ3) is 4.07. The van der Waals surface area contributed by atoms with Gasteiger partial charge in [-0.3, -0.25) is 4.79 Å². The summed E-state index contributed by atoms with van der Waals surface area (Å²) >= 11 is 5.79. The average Bonchev–Trinajstić information content (AvgIpc) is 2.26. The number of ether oxygens (including phenoxy) is 2. The van der Waals surface area contributed by atoms with E-state index in [2.05, 4.69) is 0 Å². The zero-order chi connectivity index (χ0) is 12.8. The van der Waals surface area contributed by atoms with E-state index in [-0.39, 0.29) is 24.7 Å². The molecule has 0 saturated carbocycles. The lowest BCUT2D eigenvalue weighted by molar-refractivity contribution is -0.145. The standard InChI is InChI=1S/C12H13ClO4/c1-3-16-12(15)7-17-11-6-9(13)4-5-10(11)8(2)14/h4-6H,3,7H2,1-2H3. The van der Waals surface area contributed by atoms with Gasteiger partial charge in [0.05, 0.1) is 12.2 Å². The maximum absolute atomic E-state index is 11.3. The average molecular weight is 257 g/mol. The van der Waals surface area contributed by atoms with Crippen molar-refractivity contribution in [3.05, 3.63) is 28.8 Å². The number of Topliss-reactive ketones (excluding diaryl/α,β-unsaturated/α-hetero) is 1. The van der Waals surface area contributed by atoms with E-state index in [0.717, 1.165) is 0 Å². The molecule has 1 rings (SSSR count). The maximum Gasteiger partial charge on any atom is 0.344 e. The predicted octanol–water partition coefficient (Wildman–Crippen LogP) is 2.48. The van der Waals surface area contributed by atoms with Gasteiger partial charge in [0.1, 0.15) is 5.75 Å². The first-order valence-electron chi connectivity index (χ1n) is 5.13. The Bertz CT molecular complexity index is 429. The van der Waals surface area contributed by atoms with Gasteiger partial charge in [-0.1, -0.05) is 11.6 Å². The molecule has 0 radical (unpaired) electrons. The van der Waals surface area contributed by atoms with Crippen molar-refractivity contribution in [1.29, 1.82) is 0 Å². The van der Waals surface area contributed by atoms with E-state index in [4.69, 9.17) is 21.1 Å². The number of ketones is 1. The van der Waals surface area contributed by atoms with Gasteiger partial charge in [-0.15, -0.1) is 0 Å². The molecule has 1 aromatic carbocycles. The molecular weight excluding hydrogens is 244 g/mol. The minimum absolute atomic E-state index is 0.152. The molecule has 4 nitrogen and oxygen atoms in total. The van der Waals surface area contributed by atoms with Crippen LogP contribution in [-0.4, -0.2) is 25.0 Å². The van der Waals surface area contributed by atoms with Crippen molar-refractivity contribution in [3.8, 4) is 5.75 Å². The molecule has 17 heavy (non-hydrogen) atoms. The van der Waals surface area contributed by atoms with Crippen molar-refractivity contribution < 1.29 is 19.1 Å². The molecule has 0 bridgehead atoms. The SMILES string of the molecule is CCOC(=O)COc1cc(Cl)ccc1C(C)=O. The number of benzene rings is 1. The van der Waals surface area contributed by atoms with Crippen LogP contribution < -0.4 is 4.74 Å². The lowest BCUT2D eigenvalue weighted by Crippen LogP contribution is -2.15. The lowest BCUT2D eigenvalue weighted by Gasteiger charge is -2.09. The van der Waals surface area contributed by atoms with Gasteiger partial charge in [-0.2, -0.15) is 0 Å². The van der Waals surface area contributed by atoms with Crippen LogP contribution in [0.4, 0.5) is 0 Å². The van der Waals surface area contributed by atoms with E-state index < -0.39 is 5.97 Å². The number of hydrogen-bond donors (Lipinski definition) is 0. The van der Waals surface area contributed by atoms with Crippen LogP contribution in [0.15, 0.2) is 18.2 Å². The maximum atomic E-state index is 11.3. The lowest BCUT2D eigenvalue weighted by atomic mass is 10.1. The summed E-state index contributed by atoms with van der Waals surface area (Å²) in [4.78, 5) is 22.4. The first-order chi connectivity index (χ1) is 8.04. The monoisotopic (exact) mass is 256 g/mol. The van der Waals surface area contributed by atoms with E-state index >= 15 is 0 Å². The van der Waals surface area contributed by atoms with Crippen molar-refractivity contribution in [1.82, 2.24) is 0 Å². The van der Waals surface area contributed by atoms with E-state index in [0.29, 0.717) is 10.6 Å². The summed E-state index contributed by atoms with van der Waals surface area (Å²) in [6, 6.07) is 4.65. The first-order valence-corrected chi connectivity index (χ1v) is 5.51. The quantitative estimate of drug-likeness (QED) is 0.600. The Balaban J connectivity index is 2.78. The van der Waals surface area contributed by atoms with Crippen LogP contribution in [0.3, 0.4) is 0 Å². The van der Waals surface area contributed by atoms with Crippen molar-refractivity contribution in [2.24, 2.45) is 0 Å². The Morgan fingerprint density at radius 3 is 2.65 bits per heavy atom. The molecule has 0 fully saturated rings. The molecule has 0 amide bonds. The molecule has 0 aliphatic rings. The minimum Gasteiger partial charge on any atom is -0.481 e. The van der Waals surface area contributed by atoms with Crippen molar-refractivity contribution in [2.45, 2.75) is 13.8 Å². The Kier molecular flexibility index (Phi) is 4.97. The summed E-state index contributed by atoms with van der Waals surface area (Å²) in [5.41, 5.74) is 0.388. The molecule has 0 aliphatic carbocycles.